The van der Waals surface area contributed by atoms with Gasteiger partial charge in [0.2, 0.25) is 0 Å². The van der Waals surface area contributed by atoms with Gasteiger partial charge in [0, 0.05) is 0 Å². The Kier molecular flexibility index (Phi) is 3.30. The predicted molar refractivity (Wildman–Crippen MR) is 84.5 cm³/mol. The van der Waals surface area contributed by atoms with Crippen molar-refractivity contribution < 1.29 is 4.57 Å². The SMILES string of the molecule is O=P(Cl)(Cl)Cc1c2ccccc2cc2ccccc12. The first kappa shape index (κ1) is 13.0. The maximum absolute atomic E-state index is 11.8. The van der Waals surface area contributed by atoms with Crippen molar-refractivity contribution in [1.29, 1.82) is 0 Å². The molecule has 0 aliphatic heterocycles. The minimum absolute atomic E-state index is 0.192. The molecule has 0 heterocycles. The van der Waals surface area contributed by atoms with Gasteiger partial charge in [0.1, 0.15) is 0 Å². The lowest BCUT2D eigenvalue weighted by Gasteiger charge is -2.11. The molecule has 0 fully saturated rings. The molecule has 0 atom stereocenters. The zero-order valence-corrected chi connectivity index (χ0v) is 12.4. The van der Waals surface area contributed by atoms with E-state index in [1.807, 2.05) is 48.5 Å². The normalized spacial score (nSPS) is 12.1. The predicted octanol–water partition coefficient (Wildman–Crippen LogP) is 6.16. The van der Waals surface area contributed by atoms with Crippen LogP contribution in [0.4, 0.5) is 0 Å². The molecule has 0 aliphatic rings. The fourth-order valence-corrected chi connectivity index (χ4v) is 3.89. The van der Waals surface area contributed by atoms with Gasteiger partial charge in [0.05, 0.1) is 6.16 Å². The van der Waals surface area contributed by atoms with E-state index in [1.165, 1.54) is 0 Å². The second-order valence-corrected chi connectivity index (χ2v) is 9.78. The zero-order chi connectivity index (χ0) is 13.5. The molecule has 19 heavy (non-hydrogen) atoms. The minimum Gasteiger partial charge on any atom is -0.289 e. The molecular weight excluding hydrogens is 298 g/mol. The van der Waals surface area contributed by atoms with Gasteiger partial charge in [-0.05, 0) is 55.7 Å². The lowest BCUT2D eigenvalue weighted by Crippen LogP contribution is -1.88. The van der Waals surface area contributed by atoms with E-state index in [0.29, 0.717) is 0 Å². The molecule has 4 heteroatoms. The van der Waals surface area contributed by atoms with Crippen LogP contribution in [0.3, 0.4) is 0 Å². The Bertz CT molecular complexity index is 753. The third-order valence-corrected chi connectivity index (χ3v) is 4.63. The summed E-state index contributed by atoms with van der Waals surface area (Å²) >= 11 is 11.6. The van der Waals surface area contributed by atoms with Crippen LogP contribution in [-0.4, -0.2) is 0 Å². The van der Waals surface area contributed by atoms with Crippen molar-refractivity contribution in [1.82, 2.24) is 0 Å². The van der Waals surface area contributed by atoms with Crippen molar-refractivity contribution in [3.05, 3.63) is 60.2 Å². The maximum Gasteiger partial charge on any atom is 0.257 e. The lowest BCUT2D eigenvalue weighted by molar-refractivity contribution is 0.592. The molecule has 3 aromatic carbocycles. The van der Waals surface area contributed by atoms with Gasteiger partial charge in [-0.15, -0.1) is 0 Å². The third kappa shape index (κ3) is 2.65. The molecule has 0 radical (unpaired) electrons. The third-order valence-electron chi connectivity index (χ3n) is 3.23. The van der Waals surface area contributed by atoms with Crippen molar-refractivity contribution in [3.63, 3.8) is 0 Å². The summed E-state index contributed by atoms with van der Waals surface area (Å²) in [5.74, 6) is -3.15. The summed E-state index contributed by atoms with van der Waals surface area (Å²) < 4.78 is 11.8. The maximum atomic E-state index is 11.8. The van der Waals surface area contributed by atoms with Crippen LogP contribution in [-0.2, 0) is 10.7 Å². The Morgan fingerprint density at radius 3 is 1.79 bits per heavy atom. The topological polar surface area (TPSA) is 17.1 Å². The zero-order valence-electron chi connectivity index (χ0n) is 10.0. The van der Waals surface area contributed by atoms with Crippen LogP contribution in [0, 0.1) is 0 Å². The fourth-order valence-electron chi connectivity index (χ4n) is 2.46. The lowest BCUT2D eigenvalue weighted by atomic mass is 9.98. The molecule has 0 amide bonds. The Labute approximate surface area is 121 Å². The summed E-state index contributed by atoms with van der Waals surface area (Å²) in [4.78, 5) is 0. The van der Waals surface area contributed by atoms with Gasteiger partial charge in [-0.1, -0.05) is 48.5 Å². The van der Waals surface area contributed by atoms with Crippen LogP contribution in [0.2, 0.25) is 0 Å². The first-order chi connectivity index (χ1) is 9.04. The molecule has 0 aromatic heterocycles. The smallest absolute Gasteiger partial charge is 0.257 e. The van der Waals surface area contributed by atoms with E-state index in [-0.39, 0.29) is 6.16 Å². The molecular formula is C15H11Cl2OP. The van der Waals surface area contributed by atoms with Crippen LogP contribution in [0.25, 0.3) is 21.5 Å². The fraction of sp³-hybridized carbons (Fsp3) is 0.0667. The van der Waals surface area contributed by atoms with E-state index >= 15 is 0 Å². The van der Waals surface area contributed by atoms with Crippen LogP contribution >= 0.6 is 28.3 Å². The number of rotatable bonds is 2. The Balaban J connectivity index is 2.43. The second-order valence-electron chi connectivity index (χ2n) is 4.53. The summed E-state index contributed by atoms with van der Waals surface area (Å²) in [7, 11) is 0. The van der Waals surface area contributed by atoms with Gasteiger partial charge in [-0.3, -0.25) is 4.57 Å². The molecule has 3 aromatic rings. The number of hydrogen-bond acceptors (Lipinski definition) is 1. The van der Waals surface area contributed by atoms with E-state index in [0.717, 1.165) is 27.1 Å². The van der Waals surface area contributed by atoms with Gasteiger partial charge in [-0.25, -0.2) is 0 Å². The highest BCUT2D eigenvalue weighted by Gasteiger charge is 2.18. The molecule has 1 nitrogen and oxygen atoms in total. The largest absolute Gasteiger partial charge is 0.289 e. The average molecular weight is 309 g/mol. The molecule has 0 spiro atoms. The molecule has 3 rings (SSSR count). The molecule has 0 unspecified atom stereocenters. The quantitative estimate of drug-likeness (QED) is 0.409. The molecule has 0 saturated heterocycles. The highest BCUT2D eigenvalue weighted by molar-refractivity contribution is 8.08. The molecule has 0 aliphatic carbocycles. The number of fused-ring (bicyclic) bond motifs is 2. The first-order valence-corrected chi connectivity index (χ1v) is 9.62. The highest BCUT2D eigenvalue weighted by atomic mass is 35.9. The molecule has 0 bridgehead atoms. The molecule has 96 valence electrons. The minimum atomic E-state index is -3.15. The summed E-state index contributed by atoms with van der Waals surface area (Å²) in [6, 6.07) is 18.1. The van der Waals surface area contributed by atoms with Crippen LogP contribution < -0.4 is 0 Å². The van der Waals surface area contributed by atoms with Crippen molar-refractivity contribution in [2.45, 2.75) is 6.16 Å². The van der Waals surface area contributed by atoms with Gasteiger partial charge >= 0.3 is 0 Å². The summed E-state index contributed by atoms with van der Waals surface area (Å²) in [6.45, 7) is 0. The molecule has 0 N–H and O–H groups in total. The summed E-state index contributed by atoms with van der Waals surface area (Å²) in [5.41, 5.74) is 0.960. The Hall–Kier alpha value is -1.01. The van der Waals surface area contributed by atoms with Crippen molar-refractivity contribution in [2.75, 3.05) is 0 Å². The Morgan fingerprint density at radius 2 is 1.32 bits per heavy atom. The van der Waals surface area contributed by atoms with E-state index < -0.39 is 5.85 Å². The summed E-state index contributed by atoms with van der Waals surface area (Å²) in [6.07, 6.45) is 0.192. The van der Waals surface area contributed by atoms with Gasteiger partial charge in [0.15, 0.2) is 0 Å². The van der Waals surface area contributed by atoms with E-state index in [9.17, 15) is 4.57 Å². The van der Waals surface area contributed by atoms with Crippen molar-refractivity contribution in [2.24, 2.45) is 0 Å². The number of benzene rings is 3. The van der Waals surface area contributed by atoms with Gasteiger partial charge in [-0.2, -0.15) is 0 Å². The van der Waals surface area contributed by atoms with E-state index in [4.69, 9.17) is 22.5 Å². The monoisotopic (exact) mass is 308 g/mol. The van der Waals surface area contributed by atoms with Crippen molar-refractivity contribution in [3.8, 4) is 0 Å². The Morgan fingerprint density at radius 1 is 0.842 bits per heavy atom. The van der Waals surface area contributed by atoms with Crippen LogP contribution in [0.1, 0.15) is 5.56 Å². The molecule has 0 saturated carbocycles. The van der Waals surface area contributed by atoms with E-state index in [2.05, 4.69) is 6.07 Å². The van der Waals surface area contributed by atoms with Crippen molar-refractivity contribution >= 4 is 49.9 Å². The van der Waals surface area contributed by atoms with Crippen LogP contribution in [0.5, 0.6) is 0 Å². The second kappa shape index (κ2) is 4.83. The van der Waals surface area contributed by atoms with Gasteiger partial charge in [0.25, 0.3) is 5.85 Å². The standard InChI is InChI=1S/C15H11Cl2OP/c16-19(17,18)10-15-13-7-3-1-5-11(13)9-12-6-2-4-8-14(12)15/h1-9H,10H2. The first-order valence-electron chi connectivity index (χ1n) is 5.92. The van der Waals surface area contributed by atoms with Gasteiger partial charge < -0.3 is 0 Å². The average Bonchev–Trinajstić information content (AvgIpc) is 2.37. The number of halogens is 2. The highest BCUT2D eigenvalue weighted by Crippen LogP contribution is 2.60. The summed E-state index contributed by atoms with van der Waals surface area (Å²) in [5, 5.41) is 4.33. The number of hydrogen-bond donors (Lipinski definition) is 0. The van der Waals surface area contributed by atoms with E-state index in [1.54, 1.807) is 0 Å². The van der Waals surface area contributed by atoms with Crippen LogP contribution in [0.15, 0.2) is 54.6 Å².